The molecular formula is C17H20F2N2O3. The first-order chi connectivity index (χ1) is 11.3. The second-order valence-electron chi connectivity index (χ2n) is 5.83. The van der Waals surface area contributed by atoms with Gasteiger partial charge in [0.05, 0.1) is 6.54 Å². The number of halogens is 2. The summed E-state index contributed by atoms with van der Waals surface area (Å²) in [7, 11) is 3.72. The minimum Gasteiger partial charge on any atom is -0.503 e. The fourth-order valence-corrected chi connectivity index (χ4v) is 2.20. The lowest BCUT2D eigenvalue weighted by Crippen LogP contribution is -2.36. The Kier molecular flexibility index (Phi) is 5.56. The van der Waals surface area contributed by atoms with E-state index in [9.17, 15) is 13.6 Å². The van der Waals surface area contributed by atoms with Crippen molar-refractivity contribution in [3.8, 4) is 5.75 Å². The second-order valence-corrected chi connectivity index (χ2v) is 5.83. The predicted octanol–water partition coefficient (Wildman–Crippen LogP) is 2.78. The van der Waals surface area contributed by atoms with Gasteiger partial charge < -0.3 is 19.3 Å². The molecule has 0 radical (unpaired) electrons. The van der Waals surface area contributed by atoms with E-state index < -0.39 is 23.3 Å². The number of nitrogens with zero attached hydrogens (tertiary/aromatic N) is 2. The van der Waals surface area contributed by atoms with Gasteiger partial charge in [-0.25, -0.2) is 8.78 Å². The molecule has 0 saturated carbocycles. The van der Waals surface area contributed by atoms with Crippen LogP contribution in [-0.4, -0.2) is 48.0 Å². The molecule has 1 aromatic heterocycles. The van der Waals surface area contributed by atoms with Crippen LogP contribution in [0.25, 0.3) is 0 Å². The summed E-state index contributed by atoms with van der Waals surface area (Å²) >= 11 is 0. The number of carbonyl (C=O) groups excluding carboxylic acids is 1. The molecular weight excluding hydrogens is 318 g/mol. The first kappa shape index (κ1) is 17.9. The number of phenolic OH excluding ortho intramolecular Hbond substituents is 1. The van der Waals surface area contributed by atoms with Crippen LogP contribution in [0.4, 0.5) is 8.78 Å². The van der Waals surface area contributed by atoms with Crippen LogP contribution in [0.15, 0.2) is 28.7 Å². The van der Waals surface area contributed by atoms with E-state index in [1.165, 1.54) is 4.90 Å². The number of amides is 1. The Hall–Kier alpha value is -2.41. The van der Waals surface area contributed by atoms with Gasteiger partial charge in [-0.1, -0.05) is 0 Å². The molecule has 0 aliphatic heterocycles. The van der Waals surface area contributed by atoms with Crippen molar-refractivity contribution in [3.63, 3.8) is 0 Å². The topological polar surface area (TPSA) is 56.9 Å². The van der Waals surface area contributed by atoms with E-state index in [0.717, 1.165) is 12.1 Å². The third-order valence-electron chi connectivity index (χ3n) is 3.51. The number of rotatable bonds is 6. The molecule has 0 spiro atoms. The molecule has 130 valence electrons. The molecule has 1 N–H and O–H groups in total. The number of furan rings is 1. The van der Waals surface area contributed by atoms with Gasteiger partial charge in [0.15, 0.2) is 17.4 Å². The molecule has 2 aromatic rings. The third-order valence-corrected chi connectivity index (χ3v) is 3.51. The van der Waals surface area contributed by atoms with Crippen LogP contribution < -0.4 is 0 Å². The van der Waals surface area contributed by atoms with Gasteiger partial charge in [-0.2, -0.15) is 0 Å². The lowest BCUT2D eigenvalue weighted by atomic mass is 10.1. The van der Waals surface area contributed by atoms with Gasteiger partial charge in [0, 0.05) is 18.7 Å². The zero-order chi connectivity index (χ0) is 17.9. The van der Waals surface area contributed by atoms with E-state index in [2.05, 4.69) is 0 Å². The van der Waals surface area contributed by atoms with Crippen molar-refractivity contribution in [3.05, 3.63) is 53.0 Å². The largest absolute Gasteiger partial charge is 0.503 e. The molecule has 2 rings (SSSR count). The molecule has 1 amide bonds. The maximum Gasteiger partial charge on any atom is 0.254 e. The highest BCUT2D eigenvalue weighted by Crippen LogP contribution is 2.23. The highest BCUT2D eigenvalue weighted by Gasteiger charge is 2.21. The minimum atomic E-state index is -1.17. The molecule has 0 bridgehead atoms. The van der Waals surface area contributed by atoms with Gasteiger partial charge in [0.2, 0.25) is 0 Å². The monoisotopic (exact) mass is 338 g/mol. The van der Waals surface area contributed by atoms with Gasteiger partial charge >= 0.3 is 0 Å². The SMILES string of the molecule is Cc1ccc(CN(CCN(C)C)C(=O)c2cc(F)c(O)c(F)c2)o1. The normalized spacial score (nSPS) is 11.1. The van der Waals surface area contributed by atoms with Crippen molar-refractivity contribution in [2.24, 2.45) is 0 Å². The number of aromatic hydroxyl groups is 1. The van der Waals surface area contributed by atoms with Gasteiger partial charge in [-0.3, -0.25) is 4.79 Å². The average molecular weight is 338 g/mol. The summed E-state index contributed by atoms with van der Waals surface area (Å²) in [6, 6.07) is 5.20. The maximum absolute atomic E-state index is 13.5. The Morgan fingerprint density at radius 1 is 1.17 bits per heavy atom. The molecule has 0 aliphatic carbocycles. The first-order valence-electron chi connectivity index (χ1n) is 7.45. The average Bonchev–Trinajstić information content (AvgIpc) is 2.92. The molecule has 5 nitrogen and oxygen atoms in total. The number of hydrogen-bond donors (Lipinski definition) is 1. The fraction of sp³-hybridized carbons (Fsp3) is 0.353. The summed E-state index contributed by atoms with van der Waals surface area (Å²) in [5.41, 5.74) is -0.162. The number of phenols is 1. The third kappa shape index (κ3) is 4.32. The Bertz CT molecular complexity index is 705. The number of hydrogen-bond acceptors (Lipinski definition) is 4. The number of benzene rings is 1. The summed E-state index contributed by atoms with van der Waals surface area (Å²) in [6.07, 6.45) is 0. The van der Waals surface area contributed by atoms with Crippen molar-refractivity contribution >= 4 is 5.91 Å². The lowest BCUT2D eigenvalue weighted by Gasteiger charge is -2.23. The van der Waals surface area contributed by atoms with Crippen molar-refractivity contribution in [2.75, 3.05) is 27.2 Å². The Labute approximate surface area is 139 Å². The number of aryl methyl sites for hydroxylation is 1. The zero-order valence-electron chi connectivity index (χ0n) is 13.8. The van der Waals surface area contributed by atoms with E-state index in [0.29, 0.717) is 24.6 Å². The molecule has 0 atom stereocenters. The first-order valence-corrected chi connectivity index (χ1v) is 7.45. The van der Waals surface area contributed by atoms with Crippen LogP contribution in [0.1, 0.15) is 21.9 Å². The van der Waals surface area contributed by atoms with E-state index >= 15 is 0 Å². The lowest BCUT2D eigenvalue weighted by molar-refractivity contribution is 0.0718. The Morgan fingerprint density at radius 3 is 2.29 bits per heavy atom. The number of carbonyl (C=O) groups is 1. The molecule has 1 heterocycles. The van der Waals surface area contributed by atoms with Crippen LogP contribution in [0.2, 0.25) is 0 Å². The van der Waals surface area contributed by atoms with Gasteiger partial charge in [-0.15, -0.1) is 0 Å². The second kappa shape index (κ2) is 7.44. The van der Waals surface area contributed by atoms with Crippen LogP contribution >= 0.6 is 0 Å². The molecule has 0 fully saturated rings. The van der Waals surface area contributed by atoms with Crippen LogP contribution in [0, 0.1) is 18.6 Å². The van der Waals surface area contributed by atoms with Crippen molar-refractivity contribution in [2.45, 2.75) is 13.5 Å². The quantitative estimate of drug-likeness (QED) is 0.880. The summed E-state index contributed by atoms with van der Waals surface area (Å²) in [4.78, 5) is 16.0. The highest BCUT2D eigenvalue weighted by molar-refractivity contribution is 5.94. The highest BCUT2D eigenvalue weighted by atomic mass is 19.1. The molecule has 1 aromatic carbocycles. The minimum absolute atomic E-state index is 0.162. The number of likely N-dealkylation sites (N-methyl/N-ethyl adjacent to an activating group) is 1. The van der Waals surface area contributed by atoms with E-state index in [4.69, 9.17) is 9.52 Å². The molecule has 0 unspecified atom stereocenters. The van der Waals surface area contributed by atoms with E-state index in [1.807, 2.05) is 19.0 Å². The van der Waals surface area contributed by atoms with Gasteiger partial charge in [0.1, 0.15) is 11.5 Å². The van der Waals surface area contributed by atoms with Crippen LogP contribution in [0.5, 0.6) is 5.75 Å². The van der Waals surface area contributed by atoms with Crippen molar-refractivity contribution in [1.82, 2.24) is 9.80 Å². The molecule has 0 aliphatic rings. The smallest absolute Gasteiger partial charge is 0.254 e. The van der Waals surface area contributed by atoms with Gasteiger partial charge in [-0.05, 0) is 45.3 Å². The molecule has 24 heavy (non-hydrogen) atoms. The Balaban J connectivity index is 2.26. The van der Waals surface area contributed by atoms with E-state index in [-0.39, 0.29) is 12.1 Å². The fourth-order valence-electron chi connectivity index (χ4n) is 2.20. The van der Waals surface area contributed by atoms with Crippen molar-refractivity contribution in [1.29, 1.82) is 0 Å². The summed E-state index contributed by atoms with van der Waals surface area (Å²) in [5, 5.41) is 9.17. The summed E-state index contributed by atoms with van der Waals surface area (Å²) in [6.45, 7) is 2.91. The van der Waals surface area contributed by atoms with Crippen molar-refractivity contribution < 1.29 is 23.1 Å². The predicted molar refractivity (Wildman–Crippen MR) is 84.8 cm³/mol. The summed E-state index contributed by atoms with van der Waals surface area (Å²) in [5.74, 6) is -2.66. The van der Waals surface area contributed by atoms with Gasteiger partial charge in [0.25, 0.3) is 5.91 Å². The van der Waals surface area contributed by atoms with Crippen LogP contribution in [-0.2, 0) is 6.54 Å². The van der Waals surface area contributed by atoms with E-state index in [1.54, 1.807) is 19.1 Å². The maximum atomic E-state index is 13.5. The molecule has 0 saturated heterocycles. The molecule has 7 heteroatoms. The zero-order valence-corrected chi connectivity index (χ0v) is 13.8. The Morgan fingerprint density at radius 2 is 1.79 bits per heavy atom. The summed E-state index contributed by atoms with van der Waals surface area (Å²) < 4.78 is 32.5. The standard InChI is InChI=1S/C17H20F2N2O3/c1-11-4-5-13(24-11)10-21(7-6-20(2)3)17(23)12-8-14(18)16(22)15(19)9-12/h4-5,8-9,22H,6-7,10H2,1-3H3. The van der Waals surface area contributed by atoms with Crippen LogP contribution in [0.3, 0.4) is 0 Å².